The highest BCUT2D eigenvalue weighted by atomic mass is 16.5. The lowest BCUT2D eigenvalue weighted by Gasteiger charge is -2.40. The molecule has 0 unspecified atom stereocenters. The van der Waals surface area contributed by atoms with Gasteiger partial charge in [-0.25, -0.2) is 0 Å². The molecule has 1 aliphatic carbocycles. The third-order valence-electron chi connectivity index (χ3n) is 4.24. The minimum Gasteiger partial charge on any atom is -0.373 e. The molecule has 0 radical (unpaired) electrons. The lowest BCUT2D eigenvalue weighted by Crippen LogP contribution is -2.46. The first-order valence-electron chi connectivity index (χ1n) is 8.33. The van der Waals surface area contributed by atoms with Crippen LogP contribution in [0.2, 0.25) is 0 Å². The van der Waals surface area contributed by atoms with Crippen LogP contribution >= 0.6 is 0 Å². The molecule has 0 atom stereocenters. The molecular formula is C17H35NO2. The predicted octanol–water partition coefficient (Wildman–Crippen LogP) is 3.77. The summed E-state index contributed by atoms with van der Waals surface area (Å²) in [6.07, 6.45) is 7.69. The van der Waals surface area contributed by atoms with E-state index in [2.05, 4.69) is 33.0 Å². The summed E-state index contributed by atoms with van der Waals surface area (Å²) >= 11 is 0. The first-order valence-corrected chi connectivity index (χ1v) is 8.33. The zero-order chi connectivity index (χ0) is 15.1. The number of hydrogen-bond donors (Lipinski definition) is 1. The van der Waals surface area contributed by atoms with E-state index in [0.29, 0.717) is 13.2 Å². The molecule has 1 aliphatic rings. The SMILES string of the molecule is CCCC1CCC(CNC)(OCCOC(C)(C)C)CC1. The Morgan fingerprint density at radius 3 is 2.30 bits per heavy atom. The second-order valence-corrected chi connectivity index (χ2v) is 7.25. The van der Waals surface area contributed by atoms with Crippen molar-refractivity contribution in [3.05, 3.63) is 0 Å². The average molecular weight is 285 g/mol. The number of nitrogens with one attached hydrogen (secondary N) is 1. The second-order valence-electron chi connectivity index (χ2n) is 7.25. The van der Waals surface area contributed by atoms with Gasteiger partial charge in [-0.2, -0.15) is 0 Å². The summed E-state index contributed by atoms with van der Waals surface area (Å²) in [5, 5.41) is 3.32. The molecule has 0 aromatic heterocycles. The summed E-state index contributed by atoms with van der Waals surface area (Å²) in [6.45, 7) is 10.9. The quantitative estimate of drug-likeness (QED) is 0.689. The first kappa shape index (κ1) is 17.9. The standard InChI is InChI=1S/C17H35NO2/c1-6-7-15-8-10-17(11-9-15,14-18-5)20-13-12-19-16(2,3)4/h15,18H,6-14H2,1-5H3. The van der Waals surface area contributed by atoms with E-state index in [0.717, 1.165) is 12.5 Å². The van der Waals surface area contributed by atoms with Crippen molar-refractivity contribution in [3.63, 3.8) is 0 Å². The molecule has 3 nitrogen and oxygen atoms in total. The molecule has 120 valence electrons. The molecule has 0 aliphatic heterocycles. The van der Waals surface area contributed by atoms with Gasteiger partial charge >= 0.3 is 0 Å². The molecule has 0 amide bonds. The number of hydrogen-bond acceptors (Lipinski definition) is 3. The number of likely N-dealkylation sites (N-methyl/N-ethyl adjacent to an activating group) is 1. The molecule has 20 heavy (non-hydrogen) atoms. The molecule has 1 fully saturated rings. The van der Waals surface area contributed by atoms with Gasteiger partial charge in [0, 0.05) is 6.54 Å². The van der Waals surface area contributed by atoms with Crippen molar-refractivity contribution in [2.45, 2.75) is 77.4 Å². The Balaban J connectivity index is 2.36. The summed E-state index contributed by atoms with van der Waals surface area (Å²) in [4.78, 5) is 0. The molecule has 0 bridgehead atoms. The summed E-state index contributed by atoms with van der Waals surface area (Å²) in [7, 11) is 2.02. The minimum absolute atomic E-state index is 0.0419. The van der Waals surface area contributed by atoms with Crippen LogP contribution in [0.4, 0.5) is 0 Å². The highest BCUT2D eigenvalue weighted by Crippen LogP contribution is 2.36. The lowest BCUT2D eigenvalue weighted by molar-refractivity contribution is -0.109. The van der Waals surface area contributed by atoms with Gasteiger partial charge in [0.2, 0.25) is 0 Å². The highest BCUT2D eigenvalue weighted by molar-refractivity contribution is 4.89. The van der Waals surface area contributed by atoms with Gasteiger partial charge in [0.1, 0.15) is 0 Å². The van der Waals surface area contributed by atoms with Gasteiger partial charge in [0.05, 0.1) is 24.4 Å². The van der Waals surface area contributed by atoms with Crippen LogP contribution in [0, 0.1) is 5.92 Å². The van der Waals surface area contributed by atoms with E-state index < -0.39 is 0 Å². The van der Waals surface area contributed by atoms with Crippen molar-refractivity contribution in [2.75, 3.05) is 26.8 Å². The average Bonchev–Trinajstić information content (AvgIpc) is 2.37. The topological polar surface area (TPSA) is 30.5 Å². The molecule has 0 heterocycles. The smallest absolute Gasteiger partial charge is 0.0807 e. The van der Waals surface area contributed by atoms with Gasteiger partial charge in [0.15, 0.2) is 0 Å². The van der Waals surface area contributed by atoms with Crippen LogP contribution in [0.3, 0.4) is 0 Å². The zero-order valence-corrected chi connectivity index (χ0v) is 14.3. The Kier molecular flexibility index (Phi) is 7.49. The van der Waals surface area contributed by atoms with Crippen molar-refractivity contribution in [1.29, 1.82) is 0 Å². The van der Waals surface area contributed by atoms with Gasteiger partial charge in [-0.05, 0) is 59.4 Å². The number of ether oxygens (including phenoxy) is 2. The Labute approximate surface area is 125 Å². The van der Waals surface area contributed by atoms with E-state index in [1.807, 2.05) is 7.05 Å². The molecule has 0 saturated heterocycles. The normalized spacial score (nSPS) is 27.8. The molecule has 0 aromatic rings. The van der Waals surface area contributed by atoms with E-state index in [9.17, 15) is 0 Å². The zero-order valence-electron chi connectivity index (χ0n) is 14.3. The lowest BCUT2D eigenvalue weighted by atomic mass is 9.77. The van der Waals surface area contributed by atoms with Crippen LogP contribution in [-0.4, -0.2) is 38.0 Å². The molecule has 1 N–H and O–H groups in total. The van der Waals surface area contributed by atoms with Crippen molar-refractivity contribution in [1.82, 2.24) is 5.32 Å². The van der Waals surface area contributed by atoms with Gasteiger partial charge < -0.3 is 14.8 Å². The summed E-state index contributed by atoms with van der Waals surface area (Å²) < 4.78 is 12.0. The molecule has 0 aromatic carbocycles. The second kappa shape index (κ2) is 8.35. The maximum atomic E-state index is 6.25. The Bertz CT molecular complexity index is 252. The van der Waals surface area contributed by atoms with Gasteiger partial charge in [-0.3, -0.25) is 0 Å². The molecule has 3 heteroatoms. The highest BCUT2D eigenvalue weighted by Gasteiger charge is 2.35. The first-order chi connectivity index (χ1) is 9.41. The van der Waals surface area contributed by atoms with E-state index in [4.69, 9.17) is 9.47 Å². The van der Waals surface area contributed by atoms with Crippen molar-refractivity contribution < 1.29 is 9.47 Å². The van der Waals surface area contributed by atoms with Gasteiger partial charge in [-0.15, -0.1) is 0 Å². The minimum atomic E-state index is -0.0711. The van der Waals surface area contributed by atoms with Crippen LogP contribution in [0.1, 0.15) is 66.2 Å². The fourth-order valence-electron chi connectivity index (χ4n) is 3.20. The Hall–Kier alpha value is -0.120. The van der Waals surface area contributed by atoms with Crippen molar-refractivity contribution >= 4 is 0 Å². The maximum Gasteiger partial charge on any atom is 0.0807 e. The third kappa shape index (κ3) is 6.55. The fourth-order valence-corrected chi connectivity index (χ4v) is 3.20. The Morgan fingerprint density at radius 2 is 1.80 bits per heavy atom. The fraction of sp³-hybridized carbons (Fsp3) is 1.00. The molecule has 0 spiro atoms. The van der Waals surface area contributed by atoms with Crippen molar-refractivity contribution in [2.24, 2.45) is 5.92 Å². The maximum absolute atomic E-state index is 6.25. The van der Waals surface area contributed by atoms with Crippen LogP contribution in [-0.2, 0) is 9.47 Å². The summed E-state index contributed by atoms with van der Waals surface area (Å²) in [5.74, 6) is 0.916. The van der Waals surface area contributed by atoms with Gasteiger partial charge in [0.25, 0.3) is 0 Å². The van der Waals surface area contributed by atoms with E-state index >= 15 is 0 Å². The summed E-state index contributed by atoms with van der Waals surface area (Å²) in [5.41, 5.74) is -0.0292. The largest absolute Gasteiger partial charge is 0.373 e. The predicted molar refractivity (Wildman–Crippen MR) is 85.2 cm³/mol. The van der Waals surface area contributed by atoms with E-state index in [-0.39, 0.29) is 11.2 Å². The van der Waals surface area contributed by atoms with E-state index in [1.165, 1.54) is 38.5 Å². The molecule has 1 saturated carbocycles. The third-order valence-corrected chi connectivity index (χ3v) is 4.24. The van der Waals surface area contributed by atoms with Crippen LogP contribution < -0.4 is 5.32 Å². The molecule has 1 rings (SSSR count). The Morgan fingerprint density at radius 1 is 1.15 bits per heavy atom. The summed E-state index contributed by atoms with van der Waals surface area (Å²) in [6, 6.07) is 0. The van der Waals surface area contributed by atoms with Crippen LogP contribution in [0.5, 0.6) is 0 Å². The number of rotatable bonds is 8. The van der Waals surface area contributed by atoms with Crippen LogP contribution in [0.15, 0.2) is 0 Å². The van der Waals surface area contributed by atoms with Gasteiger partial charge in [-0.1, -0.05) is 19.8 Å². The van der Waals surface area contributed by atoms with Crippen LogP contribution in [0.25, 0.3) is 0 Å². The monoisotopic (exact) mass is 285 g/mol. The van der Waals surface area contributed by atoms with E-state index in [1.54, 1.807) is 0 Å². The molecular weight excluding hydrogens is 250 g/mol. The van der Waals surface area contributed by atoms with Crippen molar-refractivity contribution in [3.8, 4) is 0 Å².